The molecule has 6 heteroatoms. The second kappa shape index (κ2) is 7.09. The molecule has 140 valence electrons. The summed E-state index contributed by atoms with van der Waals surface area (Å²) in [6, 6.07) is 6.48. The maximum absolute atomic E-state index is 13.5. The SMILES string of the molecule is Cc1[nH]c(C2CCN(C(=O)OC(C)(C)C)CC2)nc1-c1cccc(F)c1. The minimum atomic E-state index is -0.480. The van der Waals surface area contributed by atoms with Crippen LogP contribution in [0.5, 0.6) is 0 Å². The van der Waals surface area contributed by atoms with Gasteiger partial charge in [-0.2, -0.15) is 0 Å². The van der Waals surface area contributed by atoms with Crippen molar-refractivity contribution >= 4 is 6.09 Å². The smallest absolute Gasteiger partial charge is 0.410 e. The van der Waals surface area contributed by atoms with Crippen molar-refractivity contribution in [3.05, 3.63) is 41.6 Å². The Labute approximate surface area is 153 Å². The highest BCUT2D eigenvalue weighted by molar-refractivity contribution is 5.68. The molecule has 0 saturated carbocycles. The zero-order valence-electron chi connectivity index (χ0n) is 15.8. The number of nitrogens with one attached hydrogen (secondary N) is 1. The van der Waals surface area contributed by atoms with E-state index in [0.29, 0.717) is 13.1 Å². The molecule has 0 bridgehead atoms. The van der Waals surface area contributed by atoms with Gasteiger partial charge < -0.3 is 14.6 Å². The fourth-order valence-corrected chi connectivity index (χ4v) is 3.26. The molecule has 0 aliphatic carbocycles. The third-order valence-electron chi connectivity index (χ3n) is 4.53. The number of piperidine rings is 1. The molecule has 1 aromatic carbocycles. The number of benzene rings is 1. The van der Waals surface area contributed by atoms with E-state index in [1.54, 1.807) is 11.0 Å². The Kier molecular flexibility index (Phi) is 5.03. The van der Waals surface area contributed by atoms with Crippen LogP contribution in [0.2, 0.25) is 0 Å². The maximum atomic E-state index is 13.5. The van der Waals surface area contributed by atoms with Gasteiger partial charge in [-0.15, -0.1) is 0 Å². The van der Waals surface area contributed by atoms with Crippen LogP contribution in [0, 0.1) is 12.7 Å². The predicted molar refractivity (Wildman–Crippen MR) is 98.5 cm³/mol. The molecule has 0 spiro atoms. The van der Waals surface area contributed by atoms with Crippen LogP contribution in [0.3, 0.4) is 0 Å². The molecule has 0 radical (unpaired) electrons. The van der Waals surface area contributed by atoms with Gasteiger partial charge in [0.15, 0.2) is 0 Å². The van der Waals surface area contributed by atoms with Crippen molar-refractivity contribution in [3.8, 4) is 11.3 Å². The summed E-state index contributed by atoms with van der Waals surface area (Å²) < 4.78 is 18.9. The first kappa shape index (κ1) is 18.4. The largest absolute Gasteiger partial charge is 0.444 e. The first-order valence-electron chi connectivity index (χ1n) is 9.03. The molecule has 0 unspecified atom stereocenters. The Morgan fingerprint density at radius 3 is 2.62 bits per heavy atom. The molecular formula is C20H26FN3O2. The zero-order chi connectivity index (χ0) is 18.9. The number of aryl methyl sites for hydroxylation is 1. The van der Waals surface area contributed by atoms with E-state index in [1.807, 2.05) is 33.8 Å². The second-order valence-corrected chi connectivity index (χ2v) is 7.85. The maximum Gasteiger partial charge on any atom is 0.410 e. The lowest BCUT2D eigenvalue weighted by Gasteiger charge is -2.32. The van der Waals surface area contributed by atoms with E-state index in [4.69, 9.17) is 9.72 Å². The van der Waals surface area contributed by atoms with Crippen molar-refractivity contribution in [3.63, 3.8) is 0 Å². The van der Waals surface area contributed by atoms with E-state index < -0.39 is 5.60 Å². The molecule has 1 amide bonds. The van der Waals surface area contributed by atoms with Gasteiger partial charge in [0.2, 0.25) is 0 Å². The van der Waals surface area contributed by atoms with Gasteiger partial charge in [-0.1, -0.05) is 12.1 Å². The lowest BCUT2D eigenvalue weighted by Crippen LogP contribution is -2.41. The average molecular weight is 359 g/mol. The van der Waals surface area contributed by atoms with Gasteiger partial charge in [0, 0.05) is 30.3 Å². The highest BCUT2D eigenvalue weighted by atomic mass is 19.1. The van der Waals surface area contributed by atoms with Crippen molar-refractivity contribution in [1.29, 1.82) is 0 Å². The van der Waals surface area contributed by atoms with Crippen molar-refractivity contribution < 1.29 is 13.9 Å². The Morgan fingerprint density at radius 2 is 2.00 bits per heavy atom. The van der Waals surface area contributed by atoms with Crippen molar-refractivity contribution in [2.75, 3.05) is 13.1 Å². The summed E-state index contributed by atoms with van der Waals surface area (Å²) in [5.74, 6) is 0.900. The Morgan fingerprint density at radius 1 is 1.31 bits per heavy atom. The molecule has 5 nitrogen and oxygen atoms in total. The first-order chi connectivity index (χ1) is 12.2. The van der Waals surface area contributed by atoms with Gasteiger partial charge in [0.1, 0.15) is 17.2 Å². The number of hydrogen-bond donors (Lipinski definition) is 1. The topological polar surface area (TPSA) is 58.2 Å². The second-order valence-electron chi connectivity index (χ2n) is 7.85. The summed E-state index contributed by atoms with van der Waals surface area (Å²) in [6.07, 6.45) is 1.40. The Hall–Kier alpha value is -2.37. The lowest BCUT2D eigenvalue weighted by molar-refractivity contribution is 0.0203. The van der Waals surface area contributed by atoms with Gasteiger partial charge in [-0.3, -0.25) is 0 Å². The molecule has 1 aliphatic rings. The molecule has 3 rings (SSSR count). The summed E-state index contributed by atoms with van der Waals surface area (Å²) in [6.45, 7) is 8.86. The predicted octanol–water partition coefficient (Wildman–Crippen LogP) is 4.64. The normalized spacial score (nSPS) is 16.0. The summed E-state index contributed by atoms with van der Waals surface area (Å²) in [5, 5.41) is 0. The third kappa shape index (κ3) is 4.23. The molecule has 26 heavy (non-hydrogen) atoms. The number of amides is 1. The molecule has 2 aromatic rings. The number of carbonyl (C=O) groups excluding carboxylic acids is 1. The summed E-state index contributed by atoms with van der Waals surface area (Å²) in [7, 11) is 0. The van der Waals surface area contributed by atoms with Crippen LogP contribution in [0.1, 0.15) is 51.0 Å². The minimum Gasteiger partial charge on any atom is -0.444 e. The average Bonchev–Trinajstić information content (AvgIpc) is 2.95. The summed E-state index contributed by atoms with van der Waals surface area (Å²) in [4.78, 5) is 22.0. The number of H-pyrrole nitrogens is 1. The number of aromatic amines is 1. The van der Waals surface area contributed by atoms with Gasteiger partial charge in [0.05, 0.1) is 5.69 Å². The summed E-state index contributed by atoms with van der Waals surface area (Å²) >= 11 is 0. The molecule has 1 aromatic heterocycles. The quantitative estimate of drug-likeness (QED) is 0.850. The lowest BCUT2D eigenvalue weighted by atomic mass is 9.96. The van der Waals surface area contributed by atoms with Gasteiger partial charge in [-0.05, 0) is 52.7 Å². The summed E-state index contributed by atoms with van der Waals surface area (Å²) in [5.41, 5.74) is 2.01. The molecule has 0 atom stereocenters. The fraction of sp³-hybridized carbons (Fsp3) is 0.500. The number of imidazole rings is 1. The van der Waals surface area contributed by atoms with Crippen LogP contribution in [-0.4, -0.2) is 39.7 Å². The van der Waals surface area contributed by atoms with Crippen LogP contribution >= 0.6 is 0 Å². The molecule has 2 heterocycles. The number of carbonyl (C=O) groups is 1. The van der Waals surface area contributed by atoms with Gasteiger partial charge in [-0.25, -0.2) is 14.2 Å². The van der Waals surface area contributed by atoms with Crippen molar-refractivity contribution in [2.45, 2.75) is 52.1 Å². The monoisotopic (exact) mass is 359 g/mol. The number of nitrogens with zero attached hydrogens (tertiary/aromatic N) is 2. The van der Waals surface area contributed by atoms with Gasteiger partial charge >= 0.3 is 6.09 Å². The molecular weight excluding hydrogens is 333 g/mol. The van der Waals surface area contributed by atoms with Crippen LogP contribution in [0.4, 0.5) is 9.18 Å². The number of aromatic nitrogens is 2. The zero-order valence-corrected chi connectivity index (χ0v) is 15.8. The first-order valence-corrected chi connectivity index (χ1v) is 9.03. The molecule has 1 fully saturated rings. The number of rotatable bonds is 2. The standard InChI is InChI=1S/C20H26FN3O2/c1-13-17(15-6-5-7-16(21)12-15)23-18(22-13)14-8-10-24(11-9-14)19(25)26-20(2,3)4/h5-7,12,14H,8-11H2,1-4H3,(H,22,23). The van der Waals surface area contributed by atoms with Crippen LogP contribution in [0.25, 0.3) is 11.3 Å². The van der Waals surface area contributed by atoms with Crippen molar-refractivity contribution in [1.82, 2.24) is 14.9 Å². The van der Waals surface area contributed by atoms with E-state index >= 15 is 0 Å². The molecule has 1 saturated heterocycles. The fourth-order valence-electron chi connectivity index (χ4n) is 3.26. The van der Waals surface area contributed by atoms with E-state index in [-0.39, 0.29) is 17.8 Å². The van der Waals surface area contributed by atoms with E-state index in [1.165, 1.54) is 12.1 Å². The molecule has 1 N–H and O–H groups in total. The Balaban J connectivity index is 1.67. The third-order valence-corrected chi connectivity index (χ3v) is 4.53. The highest BCUT2D eigenvalue weighted by Gasteiger charge is 2.29. The van der Waals surface area contributed by atoms with E-state index in [9.17, 15) is 9.18 Å². The van der Waals surface area contributed by atoms with Crippen LogP contribution in [0.15, 0.2) is 24.3 Å². The number of ether oxygens (including phenoxy) is 1. The highest BCUT2D eigenvalue weighted by Crippen LogP contribution is 2.30. The Bertz CT molecular complexity index is 787. The number of halogens is 1. The van der Waals surface area contributed by atoms with Crippen LogP contribution in [-0.2, 0) is 4.74 Å². The van der Waals surface area contributed by atoms with Crippen molar-refractivity contribution in [2.24, 2.45) is 0 Å². The van der Waals surface area contributed by atoms with Gasteiger partial charge in [0.25, 0.3) is 0 Å². The molecule has 1 aliphatic heterocycles. The number of hydrogen-bond acceptors (Lipinski definition) is 3. The number of likely N-dealkylation sites (tertiary alicyclic amines) is 1. The van der Waals surface area contributed by atoms with E-state index in [0.717, 1.165) is 35.6 Å². The van der Waals surface area contributed by atoms with E-state index in [2.05, 4.69) is 4.98 Å². The minimum absolute atomic E-state index is 0.257. The van der Waals surface area contributed by atoms with Crippen LogP contribution < -0.4 is 0 Å².